The highest BCUT2D eigenvalue weighted by Gasteiger charge is 2.55. The first-order valence-corrected chi connectivity index (χ1v) is 15.0. The largest absolute Gasteiger partial charge is 0.394 e. The Morgan fingerprint density at radius 3 is 1.43 bits per heavy atom. The molecule has 274 valence electrons. The van der Waals surface area contributed by atoms with Crippen LogP contribution in [0.5, 0.6) is 0 Å². The third-order valence-electron chi connectivity index (χ3n) is 8.57. The van der Waals surface area contributed by atoms with Crippen molar-refractivity contribution in [1.29, 1.82) is 0 Å². The van der Waals surface area contributed by atoms with Gasteiger partial charge in [0.25, 0.3) is 0 Å². The van der Waals surface area contributed by atoms with Gasteiger partial charge in [-0.3, -0.25) is 4.79 Å². The highest BCUT2D eigenvalue weighted by molar-refractivity contribution is 5.73. The SMILES string of the molecule is CC(=O)N[C@@H]1[C@@H](O[C@@H]2O[C@H](CO)[C@H](O[C@H]3O[C@H](CO)[C@@H](O[C@@H]4O[C@@H](C)[C@H](O)[C@@H](O)[C@H]4O)[C@H](O)[C@H]3O)[C@H](O)[C@H]2O)[C@@H](O)[C@@H](CO)O[C@@H]1O. The van der Waals surface area contributed by atoms with Gasteiger partial charge in [0.15, 0.2) is 25.2 Å². The zero-order valence-electron chi connectivity index (χ0n) is 25.3. The average molecular weight is 692 g/mol. The van der Waals surface area contributed by atoms with Crippen molar-refractivity contribution in [2.75, 3.05) is 19.8 Å². The van der Waals surface area contributed by atoms with Crippen molar-refractivity contribution in [2.45, 2.75) is 137 Å². The second-order valence-corrected chi connectivity index (χ2v) is 11.9. The van der Waals surface area contributed by atoms with Gasteiger partial charge in [0, 0.05) is 6.92 Å². The Balaban J connectivity index is 1.45. The van der Waals surface area contributed by atoms with E-state index >= 15 is 0 Å². The van der Waals surface area contributed by atoms with Crippen LogP contribution < -0.4 is 5.32 Å². The highest BCUT2D eigenvalue weighted by atomic mass is 16.8. The lowest BCUT2D eigenvalue weighted by Gasteiger charge is -2.49. The van der Waals surface area contributed by atoms with Crippen LogP contribution in [0.1, 0.15) is 13.8 Å². The zero-order valence-corrected chi connectivity index (χ0v) is 25.3. The molecule has 21 heteroatoms. The van der Waals surface area contributed by atoms with Gasteiger partial charge in [0.1, 0.15) is 91.5 Å². The van der Waals surface area contributed by atoms with Gasteiger partial charge in [0.05, 0.1) is 25.9 Å². The molecule has 4 fully saturated rings. The lowest BCUT2D eigenvalue weighted by Crippen LogP contribution is -2.68. The van der Waals surface area contributed by atoms with Gasteiger partial charge in [-0.2, -0.15) is 0 Å². The molecule has 0 radical (unpaired) electrons. The molecule has 0 spiro atoms. The van der Waals surface area contributed by atoms with Crippen molar-refractivity contribution >= 4 is 5.91 Å². The average Bonchev–Trinajstić information content (AvgIpc) is 3.04. The molecule has 4 aliphatic rings. The van der Waals surface area contributed by atoms with Crippen LogP contribution in [0, 0.1) is 0 Å². The number of amides is 1. The van der Waals surface area contributed by atoms with Crippen molar-refractivity contribution in [3.05, 3.63) is 0 Å². The van der Waals surface area contributed by atoms with Crippen molar-refractivity contribution in [3.8, 4) is 0 Å². The summed E-state index contributed by atoms with van der Waals surface area (Å²) in [7, 11) is 0. The summed E-state index contributed by atoms with van der Waals surface area (Å²) in [6, 6.07) is -1.44. The predicted octanol–water partition coefficient (Wildman–Crippen LogP) is -8.58. The summed E-state index contributed by atoms with van der Waals surface area (Å²) in [5.41, 5.74) is 0. The van der Waals surface area contributed by atoms with Crippen molar-refractivity contribution in [3.63, 3.8) is 0 Å². The molecule has 1 amide bonds. The molecule has 21 nitrogen and oxygen atoms in total. The lowest BCUT2D eigenvalue weighted by molar-refractivity contribution is -0.384. The number of aliphatic hydroxyl groups excluding tert-OH is 12. The topological polar surface area (TPSA) is 336 Å². The molecule has 0 aromatic heterocycles. The maximum absolute atomic E-state index is 11.7. The minimum Gasteiger partial charge on any atom is -0.394 e. The molecule has 0 bridgehead atoms. The summed E-state index contributed by atoms with van der Waals surface area (Å²) in [6.07, 6.45) is -31.9. The number of carbonyl (C=O) groups is 1. The molecule has 0 unspecified atom stereocenters. The predicted molar refractivity (Wildman–Crippen MR) is 144 cm³/mol. The van der Waals surface area contributed by atoms with Gasteiger partial charge >= 0.3 is 0 Å². The Kier molecular flexibility index (Phi) is 13.2. The van der Waals surface area contributed by atoms with Crippen LogP contribution in [0.3, 0.4) is 0 Å². The first kappa shape index (κ1) is 38.5. The van der Waals surface area contributed by atoms with Crippen LogP contribution in [0.15, 0.2) is 0 Å². The number of hydrogen-bond acceptors (Lipinski definition) is 20. The summed E-state index contributed by atoms with van der Waals surface area (Å²) in [5, 5.41) is 127. The summed E-state index contributed by atoms with van der Waals surface area (Å²) in [6.45, 7) is -0.0387. The summed E-state index contributed by atoms with van der Waals surface area (Å²) < 4.78 is 38.4. The fourth-order valence-corrected chi connectivity index (χ4v) is 5.89. The van der Waals surface area contributed by atoms with Crippen LogP contribution in [0.25, 0.3) is 0 Å². The molecule has 4 heterocycles. The Morgan fingerprint density at radius 2 is 0.979 bits per heavy atom. The Morgan fingerprint density at radius 1 is 0.553 bits per heavy atom. The third kappa shape index (κ3) is 8.04. The summed E-state index contributed by atoms with van der Waals surface area (Å²) in [4.78, 5) is 11.7. The van der Waals surface area contributed by atoms with Crippen LogP contribution in [-0.2, 0) is 38.0 Å². The van der Waals surface area contributed by atoms with E-state index in [2.05, 4.69) is 5.32 Å². The van der Waals surface area contributed by atoms with E-state index < -0.39 is 148 Å². The van der Waals surface area contributed by atoms with Crippen molar-refractivity contribution < 1.29 is 99.2 Å². The van der Waals surface area contributed by atoms with Crippen LogP contribution >= 0.6 is 0 Å². The van der Waals surface area contributed by atoms with E-state index in [9.17, 15) is 66.1 Å². The molecule has 4 aliphatic heterocycles. The molecule has 4 saturated heterocycles. The van der Waals surface area contributed by atoms with E-state index in [1.165, 1.54) is 6.92 Å². The Labute approximate surface area is 267 Å². The highest BCUT2D eigenvalue weighted by Crippen LogP contribution is 2.34. The number of hydrogen-bond donors (Lipinski definition) is 13. The molecular formula is C26H45NO20. The van der Waals surface area contributed by atoms with Gasteiger partial charge < -0.3 is 99.8 Å². The maximum atomic E-state index is 11.7. The first-order valence-electron chi connectivity index (χ1n) is 15.0. The number of carbonyl (C=O) groups excluding carboxylic acids is 1. The molecule has 4 rings (SSSR count). The number of aliphatic hydroxyl groups is 12. The molecule has 0 aromatic carbocycles. The smallest absolute Gasteiger partial charge is 0.217 e. The fraction of sp³-hybridized carbons (Fsp3) is 0.962. The lowest BCUT2D eigenvalue weighted by atomic mass is 9.95. The molecule has 0 aliphatic carbocycles. The van der Waals surface area contributed by atoms with Gasteiger partial charge in [-0.25, -0.2) is 0 Å². The quantitative estimate of drug-likeness (QED) is 0.101. The van der Waals surface area contributed by atoms with Crippen LogP contribution in [-0.4, -0.2) is 210 Å². The van der Waals surface area contributed by atoms with E-state index in [1.807, 2.05) is 0 Å². The Bertz CT molecular complexity index is 1010. The van der Waals surface area contributed by atoms with E-state index in [1.54, 1.807) is 0 Å². The van der Waals surface area contributed by atoms with Crippen molar-refractivity contribution in [2.24, 2.45) is 0 Å². The minimum absolute atomic E-state index is 0.664. The van der Waals surface area contributed by atoms with Crippen LogP contribution in [0.2, 0.25) is 0 Å². The van der Waals surface area contributed by atoms with E-state index in [0.717, 1.165) is 6.92 Å². The van der Waals surface area contributed by atoms with Crippen LogP contribution in [0.4, 0.5) is 0 Å². The van der Waals surface area contributed by atoms with Gasteiger partial charge in [-0.15, -0.1) is 0 Å². The number of rotatable bonds is 10. The molecule has 47 heavy (non-hydrogen) atoms. The van der Waals surface area contributed by atoms with E-state index in [-0.39, 0.29) is 0 Å². The molecule has 20 atom stereocenters. The fourth-order valence-electron chi connectivity index (χ4n) is 5.89. The number of ether oxygens (including phenoxy) is 7. The van der Waals surface area contributed by atoms with Crippen molar-refractivity contribution in [1.82, 2.24) is 5.32 Å². The summed E-state index contributed by atoms with van der Waals surface area (Å²) in [5.74, 6) is -0.664. The third-order valence-corrected chi connectivity index (χ3v) is 8.57. The summed E-state index contributed by atoms with van der Waals surface area (Å²) >= 11 is 0. The van der Waals surface area contributed by atoms with Gasteiger partial charge in [-0.05, 0) is 6.92 Å². The van der Waals surface area contributed by atoms with Gasteiger partial charge in [-0.1, -0.05) is 0 Å². The van der Waals surface area contributed by atoms with E-state index in [4.69, 9.17) is 33.2 Å². The standard InChI is InChI=1S/C26H45NO20/c1-6-12(32)14(34)17(37)24(41-6)45-20-9(4-29)43-25(18(38)15(20)35)46-21-10(5-30)44-26(19(39)16(21)36)47-22-11(27-7(2)31)23(40)42-8(3-28)13(22)33/h6,8-26,28-30,32-40H,3-5H2,1-2H3,(H,27,31)/t6-,8+,9+,10+,11+,12-,13-,14+,15+,16+,17+,18+,19+,20+,21-,22+,23-,24-,25+,26-/m0/s1. The maximum Gasteiger partial charge on any atom is 0.217 e. The number of nitrogens with one attached hydrogen (secondary N) is 1. The molecule has 0 saturated carbocycles. The molecule has 0 aromatic rings. The zero-order chi connectivity index (χ0) is 34.9. The normalized spacial score (nSPS) is 51.0. The molecular weight excluding hydrogens is 646 g/mol. The first-order chi connectivity index (χ1) is 22.1. The second-order valence-electron chi connectivity index (χ2n) is 11.9. The van der Waals surface area contributed by atoms with Gasteiger partial charge in [0.2, 0.25) is 5.91 Å². The minimum atomic E-state index is -2.01. The monoisotopic (exact) mass is 691 g/mol. The Hall–Kier alpha value is -1.29. The second kappa shape index (κ2) is 16.2. The molecule has 13 N–H and O–H groups in total. The van der Waals surface area contributed by atoms with E-state index in [0.29, 0.717) is 0 Å².